The van der Waals surface area contributed by atoms with Crippen LogP contribution in [0, 0.1) is 0 Å². The molecule has 0 aliphatic carbocycles. The maximum absolute atomic E-state index is 10.2. The molecule has 4 nitrogen and oxygen atoms in total. The van der Waals surface area contributed by atoms with Crippen LogP contribution in [0.25, 0.3) is 0 Å². The van der Waals surface area contributed by atoms with E-state index in [9.17, 15) is 4.79 Å². The number of rotatable bonds is 6. The highest BCUT2D eigenvalue weighted by Crippen LogP contribution is 1.87. The molecule has 0 aromatic carbocycles. The van der Waals surface area contributed by atoms with Crippen molar-refractivity contribution >= 4 is 6.03 Å². The van der Waals surface area contributed by atoms with E-state index >= 15 is 0 Å². The first-order valence-electron chi connectivity index (χ1n) is 3.88. The lowest BCUT2D eigenvalue weighted by atomic mass is 10.3. The summed E-state index contributed by atoms with van der Waals surface area (Å²) in [5.41, 5.74) is 4.85. The van der Waals surface area contributed by atoms with Gasteiger partial charge in [0, 0.05) is 19.8 Å². The number of ether oxygens (including phenoxy) is 1. The molecule has 0 radical (unpaired) electrons. The highest BCUT2D eigenvalue weighted by atomic mass is 16.5. The van der Waals surface area contributed by atoms with Crippen molar-refractivity contribution in [1.29, 1.82) is 0 Å². The van der Waals surface area contributed by atoms with E-state index < -0.39 is 6.03 Å². The summed E-state index contributed by atoms with van der Waals surface area (Å²) in [5.74, 6) is 0. The summed E-state index contributed by atoms with van der Waals surface area (Å²) in [7, 11) is 0. The lowest BCUT2D eigenvalue weighted by molar-refractivity contribution is 0.143. The number of nitrogens with two attached hydrogens (primary N) is 1. The zero-order valence-corrected chi connectivity index (χ0v) is 6.93. The molecule has 2 amide bonds. The fourth-order valence-corrected chi connectivity index (χ4v) is 0.685. The Balaban J connectivity index is 2.85. The van der Waals surface area contributed by atoms with Crippen LogP contribution in [-0.2, 0) is 4.74 Å². The minimum absolute atomic E-state index is 0.457. The third-order valence-electron chi connectivity index (χ3n) is 1.22. The Kier molecular flexibility index (Phi) is 6.82. The molecule has 0 rings (SSSR count). The van der Waals surface area contributed by atoms with Crippen molar-refractivity contribution in [2.45, 2.75) is 19.8 Å². The van der Waals surface area contributed by atoms with Crippen molar-refractivity contribution in [2.24, 2.45) is 5.73 Å². The number of amides is 2. The normalized spacial score (nSPS) is 9.55. The van der Waals surface area contributed by atoms with Crippen molar-refractivity contribution in [3.8, 4) is 0 Å². The van der Waals surface area contributed by atoms with Gasteiger partial charge in [-0.1, -0.05) is 0 Å². The molecular formula is C7H16N2O2. The predicted molar refractivity (Wildman–Crippen MR) is 43.3 cm³/mol. The van der Waals surface area contributed by atoms with E-state index in [4.69, 9.17) is 10.5 Å². The Hall–Kier alpha value is -0.770. The van der Waals surface area contributed by atoms with Crippen LogP contribution in [0.4, 0.5) is 4.79 Å². The molecule has 0 unspecified atom stereocenters. The van der Waals surface area contributed by atoms with Gasteiger partial charge in [0.15, 0.2) is 0 Å². The van der Waals surface area contributed by atoms with Gasteiger partial charge >= 0.3 is 6.03 Å². The van der Waals surface area contributed by atoms with E-state index in [-0.39, 0.29) is 0 Å². The van der Waals surface area contributed by atoms with Crippen LogP contribution >= 0.6 is 0 Å². The maximum Gasteiger partial charge on any atom is 0.312 e. The van der Waals surface area contributed by atoms with E-state index in [1.165, 1.54) is 0 Å². The summed E-state index contributed by atoms with van der Waals surface area (Å²) in [6.45, 7) is 4.12. The number of primary amides is 1. The average Bonchev–Trinajstić information content (AvgIpc) is 1.96. The molecule has 66 valence electrons. The Bertz CT molecular complexity index is 107. The first-order chi connectivity index (χ1) is 5.27. The smallest absolute Gasteiger partial charge is 0.312 e. The van der Waals surface area contributed by atoms with Crippen LogP contribution in [0.1, 0.15) is 19.8 Å². The van der Waals surface area contributed by atoms with E-state index in [1.807, 2.05) is 6.92 Å². The van der Waals surface area contributed by atoms with Gasteiger partial charge in [-0.25, -0.2) is 4.79 Å². The quantitative estimate of drug-likeness (QED) is 0.555. The van der Waals surface area contributed by atoms with E-state index in [0.717, 1.165) is 26.1 Å². The lowest BCUT2D eigenvalue weighted by Crippen LogP contribution is -2.30. The van der Waals surface area contributed by atoms with E-state index in [0.29, 0.717) is 6.54 Å². The zero-order chi connectivity index (χ0) is 8.53. The van der Waals surface area contributed by atoms with Gasteiger partial charge in [0.25, 0.3) is 0 Å². The van der Waals surface area contributed by atoms with Gasteiger partial charge in [-0.2, -0.15) is 0 Å². The molecule has 3 N–H and O–H groups in total. The summed E-state index contributed by atoms with van der Waals surface area (Å²) in [6, 6.07) is -0.457. The summed E-state index contributed by atoms with van der Waals surface area (Å²) in [5, 5.41) is 2.51. The molecule has 0 saturated heterocycles. The van der Waals surface area contributed by atoms with E-state index in [2.05, 4.69) is 5.32 Å². The summed E-state index contributed by atoms with van der Waals surface area (Å²) < 4.78 is 5.10. The monoisotopic (exact) mass is 160 g/mol. The molecule has 0 aliphatic rings. The molecule has 0 heterocycles. The summed E-state index contributed by atoms with van der Waals surface area (Å²) in [4.78, 5) is 10.2. The average molecular weight is 160 g/mol. The van der Waals surface area contributed by atoms with E-state index in [1.54, 1.807) is 0 Å². The molecule has 0 aliphatic heterocycles. The van der Waals surface area contributed by atoms with Gasteiger partial charge in [-0.15, -0.1) is 0 Å². The molecule has 0 fully saturated rings. The molecule has 0 aromatic heterocycles. The van der Waals surface area contributed by atoms with Crippen LogP contribution in [0.5, 0.6) is 0 Å². The lowest BCUT2D eigenvalue weighted by Gasteiger charge is -2.01. The van der Waals surface area contributed by atoms with Gasteiger partial charge in [0.2, 0.25) is 0 Å². The van der Waals surface area contributed by atoms with Crippen molar-refractivity contribution in [3.05, 3.63) is 0 Å². The Morgan fingerprint density at radius 1 is 1.55 bits per heavy atom. The standard InChI is InChI=1S/C7H16N2O2/c1-2-11-6-4-3-5-9-7(8)10/h2-6H2,1H3,(H3,8,9,10). The molecule has 0 saturated carbocycles. The number of unbranched alkanes of at least 4 members (excludes halogenated alkanes) is 1. The number of nitrogens with one attached hydrogen (secondary N) is 1. The molecular weight excluding hydrogens is 144 g/mol. The number of carbonyl (C=O) groups excluding carboxylic acids is 1. The van der Waals surface area contributed by atoms with Gasteiger partial charge in [-0.3, -0.25) is 0 Å². The first kappa shape index (κ1) is 10.2. The Morgan fingerprint density at radius 3 is 2.82 bits per heavy atom. The van der Waals surface area contributed by atoms with Crippen LogP contribution in [0.15, 0.2) is 0 Å². The fraction of sp³-hybridized carbons (Fsp3) is 0.857. The molecule has 0 aromatic rings. The van der Waals surface area contributed by atoms with Gasteiger partial charge in [0.1, 0.15) is 0 Å². The minimum atomic E-state index is -0.457. The van der Waals surface area contributed by atoms with Crippen molar-refractivity contribution in [1.82, 2.24) is 5.32 Å². The van der Waals surface area contributed by atoms with Gasteiger partial charge < -0.3 is 15.8 Å². The highest BCUT2D eigenvalue weighted by molar-refractivity contribution is 5.71. The SMILES string of the molecule is CCOCCCCNC(N)=O. The Labute approximate surface area is 67.1 Å². The zero-order valence-electron chi connectivity index (χ0n) is 6.93. The molecule has 4 heteroatoms. The Morgan fingerprint density at radius 2 is 2.27 bits per heavy atom. The molecule has 0 spiro atoms. The second-order valence-electron chi connectivity index (χ2n) is 2.20. The summed E-state index contributed by atoms with van der Waals surface area (Å²) in [6.07, 6.45) is 1.89. The third kappa shape index (κ3) is 9.23. The third-order valence-corrected chi connectivity index (χ3v) is 1.22. The largest absolute Gasteiger partial charge is 0.382 e. The first-order valence-corrected chi connectivity index (χ1v) is 3.88. The van der Waals surface area contributed by atoms with Crippen molar-refractivity contribution in [2.75, 3.05) is 19.8 Å². The molecule has 0 atom stereocenters. The van der Waals surface area contributed by atoms with Crippen molar-refractivity contribution in [3.63, 3.8) is 0 Å². The van der Waals surface area contributed by atoms with Crippen LogP contribution < -0.4 is 11.1 Å². The highest BCUT2D eigenvalue weighted by Gasteiger charge is 1.90. The number of carbonyl (C=O) groups is 1. The van der Waals surface area contributed by atoms with Crippen LogP contribution in [0.2, 0.25) is 0 Å². The number of hydrogen-bond acceptors (Lipinski definition) is 2. The second kappa shape index (κ2) is 7.34. The van der Waals surface area contributed by atoms with Gasteiger partial charge in [-0.05, 0) is 19.8 Å². The van der Waals surface area contributed by atoms with Gasteiger partial charge in [0.05, 0.1) is 0 Å². The van der Waals surface area contributed by atoms with Crippen LogP contribution in [-0.4, -0.2) is 25.8 Å². The second-order valence-corrected chi connectivity index (χ2v) is 2.20. The topological polar surface area (TPSA) is 64.3 Å². The molecule has 0 bridgehead atoms. The number of urea groups is 1. The molecule has 11 heavy (non-hydrogen) atoms. The minimum Gasteiger partial charge on any atom is -0.382 e. The fourth-order valence-electron chi connectivity index (χ4n) is 0.685. The summed E-state index contributed by atoms with van der Waals surface area (Å²) >= 11 is 0. The number of hydrogen-bond donors (Lipinski definition) is 2. The van der Waals surface area contributed by atoms with Crippen LogP contribution in [0.3, 0.4) is 0 Å². The maximum atomic E-state index is 10.2. The van der Waals surface area contributed by atoms with Crippen molar-refractivity contribution < 1.29 is 9.53 Å². The predicted octanol–water partition coefficient (Wildman–Crippen LogP) is 0.471.